The normalized spacial score (nSPS) is 19.9. The molecule has 110 valence electrons. The molecule has 1 aromatic carbocycles. The number of nitrogens with zero attached hydrogens (tertiary/aromatic N) is 2. The van der Waals surface area contributed by atoms with Crippen molar-refractivity contribution in [1.29, 1.82) is 0 Å². The van der Waals surface area contributed by atoms with E-state index in [0.717, 1.165) is 29.9 Å². The Morgan fingerprint density at radius 1 is 1.40 bits per heavy atom. The Balaban J connectivity index is 2.05. The van der Waals surface area contributed by atoms with Gasteiger partial charge in [0.25, 0.3) is 5.69 Å². The lowest BCUT2D eigenvalue weighted by molar-refractivity contribution is -0.385. The fourth-order valence-electron chi connectivity index (χ4n) is 2.92. The van der Waals surface area contributed by atoms with Crippen molar-refractivity contribution < 1.29 is 4.92 Å². The highest BCUT2D eigenvalue weighted by molar-refractivity contribution is 5.60. The molecule has 1 N–H and O–H groups in total. The third-order valence-electron chi connectivity index (χ3n) is 4.04. The van der Waals surface area contributed by atoms with Crippen molar-refractivity contribution in [1.82, 2.24) is 4.90 Å². The molecule has 20 heavy (non-hydrogen) atoms. The van der Waals surface area contributed by atoms with E-state index in [0.29, 0.717) is 5.92 Å². The first kappa shape index (κ1) is 14.8. The van der Waals surface area contributed by atoms with E-state index >= 15 is 0 Å². The van der Waals surface area contributed by atoms with Gasteiger partial charge in [-0.2, -0.15) is 0 Å². The Bertz CT molecular complexity index is 502. The van der Waals surface area contributed by atoms with Crippen molar-refractivity contribution in [2.75, 3.05) is 32.0 Å². The number of nitro benzene ring substituents is 1. The van der Waals surface area contributed by atoms with Gasteiger partial charge in [-0.25, -0.2) is 0 Å². The summed E-state index contributed by atoms with van der Waals surface area (Å²) in [5.41, 5.74) is 2.86. The molecule has 1 saturated heterocycles. The minimum Gasteiger partial charge on any atom is -0.384 e. The fraction of sp³-hybridized carbons (Fsp3) is 0.600. The van der Waals surface area contributed by atoms with Gasteiger partial charge < -0.3 is 10.2 Å². The van der Waals surface area contributed by atoms with E-state index in [9.17, 15) is 10.1 Å². The summed E-state index contributed by atoms with van der Waals surface area (Å²) in [6.45, 7) is 6.92. The number of nitro groups is 1. The molecule has 1 unspecified atom stereocenters. The zero-order valence-corrected chi connectivity index (χ0v) is 12.5. The molecule has 5 nitrogen and oxygen atoms in total. The van der Waals surface area contributed by atoms with Gasteiger partial charge in [0.05, 0.1) is 4.92 Å². The average molecular weight is 277 g/mol. The smallest absolute Gasteiger partial charge is 0.274 e. The second kappa shape index (κ2) is 6.22. The Labute approximate surface area is 120 Å². The van der Waals surface area contributed by atoms with E-state index in [1.165, 1.54) is 19.4 Å². The second-order valence-corrected chi connectivity index (χ2v) is 5.86. The second-order valence-electron chi connectivity index (χ2n) is 5.86. The maximum atomic E-state index is 11.0. The van der Waals surface area contributed by atoms with Crippen LogP contribution in [0.15, 0.2) is 12.1 Å². The summed E-state index contributed by atoms with van der Waals surface area (Å²) in [5, 5.41) is 14.4. The molecule has 0 bridgehead atoms. The van der Waals surface area contributed by atoms with E-state index in [-0.39, 0.29) is 10.6 Å². The molecule has 1 atom stereocenters. The van der Waals surface area contributed by atoms with Gasteiger partial charge in [0, 0.05) is 30.4 Å². The molecule has 0 saturated carbocycles. The van der Waals surface area contributed by atoms with Crippen LogP contribution in [0.25, 0.3) is 0 Å². The molecule has 0 radical (unpaired) electrons. The molecule has 0 aromatic heterocycles. The van der Waals surface area contributed by atoms with Crippen LogP contribution in [0.5, 0.6) is 0 Å². The number of nitrogens with one attached hydrogen (secondary N) is 1. The van der Waals surface area contributed by atoms with Gasteiger partial charge in [-0.15, -0.1) is 0 Å². The molecule has 1 aliphatic heterocycles. The lowest BCUT2D eigenvalue weighted by Gasteiger charge is -2.30. The van der Waals surface area contributed by atoms with E-state index in [4.69, 9.17) is 0 Å². The van der Waals surface area contributed by atoms with Crippen LogP contribution < -0.4 is 5.32 Å². The van der Waals surface area contributed by atoms with Crippen molar-refractivity contribution in [2.45, 2.75) is 26.7 Å². The molecule has 0 spiro atoms. The molecular formula is C15H23N3O2. The number of aryl methyl sites for hydroxylation is 2. The van der Waals surface area contributed by atoms with Crippen molar-refractivity contribution in [2.24, 2.45) is 5.92 Å². The summed E-state index contributed by atoms with van der Waals surface area (Å²) >= 11 is 0. The molecule has 5 heteroatoms. The number of rotatable bonds is 4. The zero-order chi connectivity index (χ0) is 14.7. The molecule has 1 heterocycles. The number of anilines is 1. The van der Waals surface area contributed by atoms with Gasteiger partial charge in [0.1, 0.15) is 0 Å². The predicted molar refractivity (Wildman–Crippen MR) is 81.3 cm³/mol. The Morgan fingerprint density at radius 2 is 2.15 bits per heavy atom. The van der Waals surface area contributed by atoms with Gasteiger partial charge in [-0.05, 0) is 57.8 Å². The lowest BCUT2D eigenvalue weighted by Crippen LogP contribution is -2.35. The molecule has 0 aliphatic carbocycles. The molecular weight excluding hydrogens is 254 g/mol. The number of likely N-dealkylation sites (tertiary alicyclic amines) is 1. The molecule has 2 rings (SSSR count). The summed E-state index contributed by atoms with van der Waals surface area (Å²) in [6.07, 6.45) is 2.46. The van der Waals surface area contributed by atoms with Crippen molar-refractivity contribution in [3.8, 4) is 0 Å². The largest absolute Gasteiger partial charge is 0.384 e. The van der Waals surface area contributed by atoms with Gasteiger partial charge in [0.15, 0.2) is 0 Å². The third kappa shape index (κ3) is 3.48. The minimum absolute atomic E-state index is 0.193. The van der Waals surface area contributed by atoms with Crippen LogP contribution in [0.3, 0.4) is 0 Å². The quantitative estimate of drug-likeness (QED) is 0.679. The van der Waals surface area contributed by atoms with Crippen LogP contribution in [0.2, 0.25) is 0 Å². The van der Waals surface area contributed by atoms with Gasteiger partial charge in [-0.1, -0.05) is 0 Å². The molecule has 1 fully saturated rings. The van der Waals surface area contributed by atoms with Crippen LogP contribution in [0.1, 0.15) is 24.0 Å². The van der Waals surface area contributed by atoms with Crippen molar-refractivity contribution in [3.63, 3.8) is 0 Å². The summed E-state index contributed by atoms with van der Waals surface area (Å²) in [7, 11) is 2.15. The summed E-state index contributed by atoms with van der Waals surface area (Å²) in [4.78, 5) is 13.0. The fourth-order valence-corrected chi connectivity index (χ4v) is 2.92. The number of benzene rings is 1. The Kier molecular flexibility index (Phi) is 4.60. The van der Waals surface area contributed by atoms with Crippen molar-refractivity contribution >= 4 is 11.4 Å². The highest BCUT2D eigenvalue weighted by Crippen LogP contribution is 2.27. The summed E-state index contributed by atoms with van der Waals surface area (Å²) < 4.78 is 0. The predicted octanol–water partition coefficient (Wildman–Crippen LogP) is 2.97. The van der Waals surface area contributed by atoms with Gasteiger partial charge in [0.2, 0.25) is 0 Å². The molecule has 0 amide bonds. The first-order valence-electron chi connectivity index (χ1n) is 7.15. The Morgan fingerprint density at radius 3 is 2.80 bits per heavy atom. The lowest BCUT2D eigenvalue weighted by atomic mass is 9.98. The van der Waals surface area contributed by atoms with Crippen LogP contribution in [0, 0.1) is 29.9 Å². The average Bonchev–Trinajstić information content (AvgIpc) is 2.37. The van der Waals surface area contributed by atoms with E-state index < -0.39 is 0 Å². The standard InChI is InChI=1S/C15H23N3O2/c1-11-7-12(2)15(18(19)20)8-14(11)16-9-13-5-4-6-17(3)10-13/h7-8,13,16H,4-6,9-10H2,1-3H3. The summed E-state index contributed by atoms with van der Waals surface area (Å²) in [5.74, 6) is 0.619. The van der Waals surface area contributed by atoms with Crippen LogP contribution in [0.4, 0.5) is 11.4 Å². The topological polar surface area (TPSA) is 58.4 Å². The Hall–Kier alpha value is -1.62. The highest BCUT2D eigenvalue weighted by atomic mass is 16.6. The van der Waals surface area contributed by atoms with Gasteiger partial charge >= 0.3 is 0 Å². The number of piperidine rings is 1. The number of hydrogen-bond donors (Lipinski definition) is 1. The van der Waals surface area contributed by atoms with Crippen LogP contribution in [-0.2, 0) is 0 Å². The highest BCUT2D eigenvalue weighted by Gasteiger charge is 2.18. The van der Waals surface area contributed by atoms with Gasteiger partial charge in [-0.3, -0.25) is 10.1 Å². The van der Waals surface area contributed by atoms with E-state index in [1.54, 1.807) is 13.0 Å². The third-order valence-corrected chi connectivity index (χ3v) is 4.04. The van der Waals surface area contributed by atoms with E-state index in [2.05, 4.69) is 17.3 Å². The summed E-state index contributed by atoms with van der Waals surface area (Å²) in [6, 6.07) is 3.55. The zero-order valence-electron chi connectivity index (χ0n) is 12.5. The molecule has 1 aliphatic rings. The first-order chi connectivity index (χ1) is 9.47. The molecule has 1 aromatic rings. The van der Waals surface area contributed by atoms with Crippen LogP contribution >= 0.6 is 0 Å². The minimum atomic E-state index is -0.311. The van der Waals surface area contributed by atoms with E-state index in [1.807, 2.05) is 13.0 Å². The first-order valence-corrected chi connectivity index (χ1v) is 7.15. The maximum Gasteiger partial charge on any atom is 0.274 e. The monoisotopic (exact) mass is 277 g/mol. The van der Waals surface area contributed by atoms with Crippen molar-refractivity contribution in [3.05, 3.63) is 33.4 Å². The SMILES string of the molecule is Cc1cc(C)c([N+](=O)[O-])cc1NCC1CCCN(C)C1. The van der Waals surface area contributed by atoms with Crippen LogP contribution in [-0.4, -0.2) is 36.5 Å². The number of hydrogen-bond acceptors (Lipinski definition) is 4. The maximum absolute atomic E-state index is 11.0.